The number of ether oxygens (including phenoxy) is 3. The molecular weight excluding hydrogens is 460 g/mol. The highest BCUT2D eigenvalue weighted by molar-refractivity contribution is 5.81. The smallest absolute Gasteiger partial charge is 0.408 e. The fraction of sp³-hybridized carbons (Fsp3) is 0.417. The zero-order valence-corrected chi connectivity index (χ0v) is 19.8. The average Bonchev–Trinajstić information content (AvgIpc) is 2.77. The fourth-order valence-corrected chi connectivity index (χ4v) is 2.85. The molecule has 0 aliphatic heterocycles. The first-order chi connectivity index (χ1) is 16.4. The summed E-state index contributed by atoms with van der Waals surface area (Å²) in [4.78, 5) is 35.0. The van der Waals surface area contributed by atoms with E-state index in [4.69, 9.17) is 14.2 Å². The van der Waals surface area contributed by atoms with Crippen LogP contribution in [0.15, 0.2) is 48.5 Å². The quantitative estimate of drug-likeness (QED) is 0.244. The molecule has 1 amide bonds. The fourth-order valence-electron chi connectivity index (χ4n) is 2.85. The van der Waals surface area contributed by atoms with Crippen molar-refractivity contribution in [1.29, 1.82) is 0 Å². The summed E-state index contributed by atoms with van der Waals surface area (Å²) >= 11 is 0. The number of nitrogens with zero attached hydrogens (tertiary/aromatic N) is 1. The second-order valence-electron chi connectivity index (χ2n) is 8.74. The Hall–Kier alpha value is -3.86. The summed E-state index contributed by atoms with van der Waals surface area (Å²) in [5.41, 5.74) is -0.166. The number of alkyl carbamates (subject to hydrolysis) is 1. The number of hydrogen-bond acceptors (Lipinski definition) is 9. The predicted octanol–water partition coefficient (Wildman–Crippen LogP) is 3.11. The van der Waals surface area contributed by atoms with Crippen molar-refractivity contribution in [1.82, 2.24) is 5.32 Å². The van der Waals surface area contributed by atoms with Gasteiger partial charge in [-0.05, 0) is 50.6 Å². The van der Waals surface area contributed by atoms with Crippen molar-refractivity contribution in [2.75, 3.05) is 13.2 Å². The van der Waals surface area contributed by atoms with Gasteiger partial charge in [-0.15, -0.1) is 0 Å². The molecule has 11 heteroatoms. The molecule has 0 heterocycles. The summed E-state index contributed by atoms with van der Waals surface area (Å²) in [7, 11) is 0. The van der Waals surface area contributed by atoms with E-state index in [2.05, 4.69) is 5.32 Å². The summed E-state index contributed by atoms with van der Waals surface area (Å²) < 4.78 is 15.9. The van der Waals surface area contributed by atoms with Gasteiger partial charge < -0.3 is 29.7 Å². The molecule has 0 saturated carbocycles. The van der Waals surface area contributed by atoms with Gasteiger partial charge >= 0.3 is 12.1 Å². The lowest BCUT2D eigenvalue weighted by molar-refractivity contribution is -0.384. The number of non-ortho nitro benzene ring substituents is 1. The van der Waals surface area contributed by atoms with Crippen LogP contribution in [0.5, 0.6) is 11.5 Å². The number of carbonyl (C=O) groups is 2. The number of aliphatic hydroxyl groups is 1. The van der Waals surface area contributed by atoms with Crippen LogP contribution >= 0.6 is 0 Å². The molecule has 2 rings (SSSR count). The number of rotatable bonds is 11. The number of nitro benzene ring substituents is 1. The van der Waals surface area contributed by atoms with E-state index in [0.29, 0.717) is 11.3 Å². The summed E-state index contributed by atoms with van der Waals surface area (Å²) in [5.74, 6) is -0.304. The summed E-state index contributed by atoms with van der Waals surface area (Å²) in [6, 6.07) is 10.5. The van der Waals surface area contributed by atoms with Gasteiger partial charge in [0.25, 0.3) is 5.69 Å². The van der Waals surface area contributed by atoms with Crippen LogP contribution in [0.2, 0.25) is 0 Å². The third-order valence-corrected chi connectivity index (χ3v) is 4.54. The molecule has 190 valence electrons. The molecule has 0 aromatic heterocycles. The molecule has 1 unspecified atom stereocenters. The molecule has 0 bridgehead atoms. The van der Waals surface area contributed by atoms with E-state index in [1.165, 1.54) is 36.4 Å². The van der Waals surface area contributed by atoms with Crippen LogP contribution in [0.4, 0.5) is 10.5 Å². The van der Waals surface area contributed by atoms with Crippen LogP contribution < -0.4 is 10.1 Å². The van der Waals surface area contributed by atoms with Gasteiger partial charge in [-0.1, -0.05) is 12.1 Å². The zero-order valence-electron chi connectivity index (χ0n) is 19.8. The van der Waals surface area contributed by atoms with Crippen molar-refractivity contribution >= 4 is 17.7 Å². The molecule has 0 spiro atoms. The minimum atomic E-state index is -1.09. The normalized spacial score (nSPS) is 12.8. The first-order valence-electron chi connectivity index (χ1n) is 10.9. The first kappa shape index (κ1) is 27.4. The molecule has 0 radical (unpaired) electrons. The third-order valence-electron chi connectivity index (χ3n) is 4.54. The minimum Gasteiger partial charge on any atom is -0.508 e. The SMILES string of the molecule is CC(C)(C)OC(=O)N[C@@H](Cc1ccc(O)cc1)C(=O)OCC(O)CCOc1ccc([N+](=O)[O-])cc1. The lowest BCUT2D eigenvalue weighted by Crippen LogP contribution is -2.46. The Kier molecular flexibility index (Phi) is 9.83. The van der Waals surface area contributed by atoms with Gasteiger partial charge in [0, 0.05) is 25.0 Å². The molecule has 35 heavy (non-hydrogen) atoms. The Balaban J connectivity index is 1.87. The van der Waals surface area contributed by atoms with Crippen molar-refractivity contribution in [3.8, 4) is 11.5 Å². The Bertz CT molecular complexity index is 986. The number of aromatic hydroxyl groups is 1. The molecule has 0 aliphatic carbocycles. The van der Waals surface area contributed by atoms with Crippen LogP contribution in [0.1, 0.15) is 32.8 Å². The maximum atomic E-state index is 12.7. The Morgan fingerprint density at radius 2 is 1.71 bits per heavy atom. The van der Waals surface area contributed by atoms with E-state index in [-0.39, 0.29) is 37.5 Å². The maximum Gasteiger partial charge on any atom is 0.408 e. The lowest BCUT2D eigenvalue weighted by atomic mass is 10.1. The number of carbonyl (C=O) groups excluding carboxylic acids is 2. The number of aliphatic hydroxyl groups excluding tert-OH is 1. The van der Waals surface area contributed by atoms with Crippen LogP contribution in [0.25, 0.3) is 0 Å². The van der Waals surface area contributed by atoms with Crippen molar-refractivity contribution in [2.24, 2.45) is 0 Å². The monoisotopic (exact) mass is 490 g/mol. The number of nitro groups is 1. The minimum absolute atomic E-state index is 0.0621. The number of amides is 1. The van der Waals surface area contributed by atoms with E-state index in [1.54, 1.807) is 32.9 Å². The van der Waals surface area contributed by atoms with E-state index >= 15 is 0 Å². The van der Waals surface area contributed by atoms with Gasteiger partial charge in [-0.25, -0.2) is 9.59 Å². The topological polar surface area (TPSA) is 157 Å². The Morgan fingerprint density at radius 1 is 1.09 bits per heavy atom. The van der Waals surface area contributed by atoms with Crippen molar-refractivity contribution in [3.05, 3.63) is 64.2 Å². The van der Waals surface area contributed by atoms with Crippen LogP contribution in [-0.4, -0.2) is 58.2 Å². The average molecular weight is 491 g/mol. The Labute approximate surface area is 202 Å². The van der Waals surface area contributed by atoms with Crippen LogP contribution in [0, 0.1) is 10.1 Å². The van der Waals surface area contributed by atoms with E-state index < -0.39 is 34.7 Å². The van der Waals surface area contributed by atoms with Crippen LogP contribution in [0.3, 0.4) is 0 Å². The molecule has 2 aromatic carbocycles. The van der Waals surface area contributed by atoms with Crippen molar-refractivity contribution in [3.63, 3.8) is 0 Å². The van der Waals surface area contributed by atoms with Gasteiger partial charge in [0.2, 0.25) is 0 Å². The summed E-state index contributed by atoms with van der Waals surface area (Å²) in [6.07, 6.45) is -1.62. The summed E-state index contributed by atoms with van der Waals surface area (Å²) in [6.45, 7) is 4.83. The number of esters is 1. The van der Waals surface area contributed by atoms with Gasteiger partial charge in [-0.3, -0.25) is 10.1 Å². The molecule has 0 fully saturated rings. The zero-order chi connectivity index (χ0) is 26.0. The number of benzene rings is 2. The summed E-state index contributed by atoms with van der Waals surface area (Å²) in [5, 5.41) is 32.8. The molecule has 0 saturated heterocycles. The predicted molar refractivity (Wildman–Crippen MR) is 125 cm³/mol. The highest BCUT2D eigenvalue weighted by Crippen LogP contribution is 2.18. The highest BCUT2D eigenvalue weighted by atomic mass is 16.6. The molecule has 2 atom stereocenters. The Morgan fingerprint density at radius 3 is 2.29 bits per heavy atom. The first-order valence-corrected chi connectivity index (χ1v) is 10.9. The van der Waals surface area contributed by atoms with Gasteiger partial charge in [0.1, 0.15) is 29.7 Å². The lowest BCUT2D eigenvalue weighted by Gasteiger charge is -2.23. The second kappa shape index (κ2) is 12.6. The van der Waals surface area contributed by atoms with Gasteiger partial charge in [-0.2, -0.15) is 0 Å². The molecule has 0 aliphatic rings. The number of nitrogens with one attached hydrogen (secondary N) is 1. The maximum absolute atomic E-state index is 12.7. The number of phenolic OH excluding ortho intramolecular Hbond substituents is 1. The van der Waals surface area contributed by atoms with Gasteiger partial charge in [0.05, 0.1) is 17.6 Å². The van der Waals surface area contributed by atoms with E-state index in [9.17, 15) is 29.9 Å². The van der Waals surface area contributed by atoms with Crippen molar-refractivity contribution < 1.29 is 38.9 Å². The largest absolute Gasteiger partial charge is 0.508 e. The standard InChI is InChI=1S/C24H30N2O9/c1-24(2,3)35-23(30)25-21(14-16-4-8-18(27)9-5-16)22(29)34-15-19(28)12-13-33-20-10-6-17(7-11-20)26(31)32/h4-11,19,21,27-28H,12-15H2,1-3H3,(H,25,30)/t19?,21-/m0/s1. The second-order valence-corrected chi connectivity index (χ2v) is 8.74. The molecule has 11 nitrogen and oxygen atoms in total. The number of hydrogen-bond donors (Lipinski definition) is 3. The van der Waals surface area contributed by atoms with E-state index in [1.807, 2.05) is 0 Å². The van der Waals surface area contributed by atoms with Gasteiger partial charge in [0.15, 0.2) is 0 Å². The number of phenols is 1. The molecule has 3 N–H and O–H groups in total. The highest BCUT2D eigenvalue weighted by Gasteiger charge is 2.26. The third kappa shape index (κ3) is 10.3. The van der Waals surface area contributed by atoms with Crippen molar-refractivity contribution in [2.45, 2.75) is 51.4 Å². The van der Waals surface area contributed by atoms with Crippen LogP contribution in [-0.2, 0) is 20.7 Å². The molecular formula is C24H30N2O9. The molecule has 2 aromatic rings. The van der Waals surface area contributed by atoms with E-state index in [0.717, 1.165) is 0 Å².